The lowest BCUT2D eigenvalue weighted by atomic mass is 10.1. The number of rotatable bonds is 6. The molecule has 21 heavy (non-hydrogen) atoms. The smallest absolute Gasteiger partial charge is 0.123 e. The molecule has 2 aromatic rings. The Morgan fingerprint density at radius 2 is 2.14 bits per heavy atom. The molecule has 0 saturated heterocycles. The summed E-state index contributed by atoms with van der Waals surface area (Å²) in [6.45, 7) is 2.97. The fraction of sp³-hybridized carbons (Fsp3) is 0.444. The van der Waals surface area contributed by atoms with E-state index in [0.29, 0.717) is 6.04 Å². The highest BCUT2D eigenvalue weighted by atomic mass is 16.5. The largest absolute Gasteiger partial charge is 0.496 e. The molecule has 1 heterocycles. The van der Waals surface area contributed by atoms with Gasteiger partial charge in [-0.3, -0.25) is 0 Å². The number of aryl methyl sites for hydroxylation is 1. The van der Waals surface area contributed by atoms with Crippen molar-refractivity contribution in [1.82, 2.24) is 9.88 Å². The second kappa shape index (κ2) is 5.94. The Kier molecular flexibility index (Phi) is 4.02. The zero-order valence-electron chi connectivity index (χ0n) is 13.1. The quantitative estimate of drug-likeness (QED) is 0.878. The average Bonchev–Trinajstić information content (AvgIpc) is 3.20. The molecule has 1 aliphatic rings. The highest BCUT2D eigenvalue weighted by Gasteiger charge is 2.31. The van der Waals surface area contributed by atoms with E-state index < -0.39 is 0 Å². The van der Waals surface area contributed by atoms with E-state index in [0.717, 1.165) is 18.2 Å². The highest BCUT2D eigenvalue weighted by Crippen LogP contribution is 2.40. The number of nitrogens with one attached hydrogen (secondary N) is 1. The van der Waals surface area contributed by atoms with Gasteiger partial charge < -0.3 is 14.6 Å². The summed E-state index contributed by atoms with van der Waals surface area (Å²) >= 11 is 0. The van der Waals surface area contributed by atoms with Crippen LogP contribution in [0.1, 0.15) is 35.6 Å². The molecule has 0 bridgehead atoms. The molecule has 3 heteroatoms. The molecule has 3 nitrogen and oxygen atoms in total. The van der Waals surface area contributed by atoms with E-state index in [-0.39, 0.29) is 0 Å². The fourth-order valence-corrected chi connectivity index (χ4v) is 3.07. The predicted octanol–water partition coefficient (Wildman–Crippen LogP) is 3.52. The first-order chi connectivity index (χ1) is 10.2. The van der Waals surface area contributed by atoms with Gasteiger partial charge in [0.1, 0.15) is 5.75 Å². The Bertz CT molecular complexity index is 613. The summed E-state index contributed by atoms with van der Waals surface area (Å²) in [5, 5.41) is 3.45. The lowest BCUT2D eigenvalue weighted by Gasteiger charge is -2.14. The molecule has 1 aromatic heterocycles. The molecule has 0 spiro atoms. The maximum absolute atomic E-state index is 5.47. The Hall–Kier alpha value is -1.74. The molecule has 0 amide bonds. The van der Waals surface area contributed by atoms with Gasteiger partial charge in [0.15, 0.2) is 0 Å². The summed E-state index contributed by atoms with van der Waals surface area (Å²) in [5.74, 6) is 1.78. The zero-order chi connectivity index (χ0) is 14.8. The monoisotopic (exact) mass is 284 g/mol. The van der Waals surface area contributed by atoms with Gasteiger partial charge in [-0.2, -0.15) is 0 Å². The van der Waals surface area contributed by atoms with Crippen molar-refractivity contribution in [2.24, 2.45) is 5.92 Å². The van der Waals surface area contributed by atoms with Crippen molar-refractivity contribution in [3.8, 4) is 5.75 Å². The third-order valence-corrected chi connectivity index (χ3v) is 4.33. The number of benzene rings is 1. The number of ether oxygens (including phenoxy) is 1. The van der Waals surface area contributed by atoms with Crippen molar-refractivity contribution in [3.63, 3.8) is 0 Å². The third-order valence-electron chi connectivity index (χ3n) is 4.33. The van der Waals surface area contributed by atoms with Gasteiger partial charge in [0.05, 0.1) is 13.7 Å². The number of aromatic nitrogens is 1. The maximum atomic E-state index is 5.47. The summed E-state index contributed by atoms with van der Waals surface area (Å²) in [7, 11) is 3.79. The first-order valence-corrected chi connectivity index (χ1v) is 7.67. The summed E-state index contributed by atoms with van der Waals surface area (Å²) in [6.07, 6.45) is 7.13. The molecule has 1 N–H and O–H groups in total. The van der Waals surface area contributed by atoms with Crippen LogP contribution in [0.25, 0.3) is 0 Å². The van der Waals surface area contributed by atoms with E-state index >= 15 is 0 Å². The Labute approximate surface area is 126 Å². The van der Waals surface area contributed by atoms with Gasteiger partial charge >= 0.3 is 0 Å². The minimum atomic E-state index is 0.505. The molecule has 1 unspecified atom stereocenters. The Morgan fingerprint density at radius 1 is 1.33 bits per heavy atom. The van der Waals surface area contributed by atoms with Crippen LogP contribution in [-0.4, -0.2) is 18.7 Å². The molecule has 112 valence electrons. The van der Waals surface area contributed by atoms with E-state index in [9.17, 15) is 0 Å². The van der Waals surface area contributed by atoms with E-state index in [1.54, 1.807) is 7.11 Å². The number of hydrogen-bond donors (Lipinski definition) is 1. The zero-order valence-corrected chi connectivity index (χ0v) is 13.1. The van der Waals surface area contributed by atoms with Gasteiger partial charge in [-0.15, -0.1) is 0 Å². The molecular weight excluding hydrogens is 260 g/mol. The topological polar surface area (TPSA) is 26.2 Å². The average molecular weight is 284 g/mol. The van der Waals surface area contributed by atoms with Gasteiger partial charge in [0.25, 0.3) is 0 Å². The molecule has 1 aliphatic carbocycles. The third kappa shape index (κ3) is 3.13. The van der Waals surface area contributed by atoms with Crippen LogP contribution in [0.3, 0.4) is 0 Å². The minimum absolute atomic E-state index is 0.505. The molecule has 0 aliphatic heterocycles. The first-order valence-electron chi connectivity index (χ1n) is 7.67. The van der Waals surface area contributed by atoms with Gasteiger partial charge in [-0.1, -0.05) is 17.7 Å². The number of nitrogens with zero attached hydrogens (tertiary/aromatic N) is 1. The lowest BCUT2D eigenvalue weighted by Crippen LogP contribution is -2.17. The summed E-state index contributed by atoms with van der Waals surface area (Å²) in [6, 6.07) is 9.09. The van der Waals surface area contributed by atoms with Crippen molar-refractivity contribution in [3.05, 3.63) is 53.3 Å². The highest BCUT2D eigenvalue weighted by molar-refractivity contribution is 5.37. The van der Waals surface area contributed by atoms with E-state index in [1.165, 1.54) is 29.5 Å². The molecule has 1 aromatic carbocycles. The van der Waals surface area contributed by atoms with Crippen LogP contribution in [0.2, 0.25) is 0 Å². The standard InChI is InChI=1S/C18H24N2O/c1-13-4-7-17(21-3)16(10-13)12-20-9-8-15(11-20)18(19-2)14-5-6-14/h4,7-11,14,18-19H,5-6,12H2,1-3H3. The summed E-state index contributed by atoms with van der Waals surface area (Å²) in [5.41, 5.74) is 3.89. The van der Waals surface area contributed by atoms with Gasteiger partial charge in [-0.05, 0) is 50.4 Å². The minimum Gasteiger partial charge on any atom is -0.496 e. The second-order valence-electron chi connectivity index (χ2n) is 6.04. The molecule has 3 rings (SSSR count). The van der Waals surface area contributed by atoms with E-state index in [2.05, 4.69) is 60.5 Å². The summed E-state index contributed by atoms with van der Waals surface area (Å²) < 4.78 is 7.72. The number of hydrogen-bond acceptors (Lipinski definition) is 2. The maximum Gasteiger partial charge on any atom is 0.123 e. The van der Waals surface area contributed by atoms with Crippen LogP contribution < -0.4 is 10.1 Å². The predicted molar refractivity (Wildman–Crippen MR) is 85.8 cm³/mol. The Morgan fingerprint density at radius 3 is 2.81 bits per heavy atom. The van der Waals surface area contributed by atoms with Gasteiger partial charge in [-0.25, -0.2) is 0 Å². The van der Waals surface area contributed by atoms with Crippen LogP contribution in [0.4, 0.5) is 0 Å². The molecule has 1 atom stereocenters. The van der Waals surface area contributed by atoms with Crippen LogP contribution >= 0.6 is 0 Å². The van der Waals surface area contributed by atoms with Crippen molar-refractivity contribution in [2.45, 2.75) is 32.4 Å². The second-order valence-corrected chi connectivity index (χ2v) is 6.04. The lowest BCUT2D eigenvalue weighted by molar-refractivity contribution is 0.408. The van der Waals surface area contributed by atoms with Crippen molar-refractivity contribution < 1.29 is 4.74 Å². The molecule has 1 fully saturated rings. The van der Waals surface area contributed by atoms with Crippen molar-refractivity contribution >= 4 is 0 Å². The van der Waals surface area contributed by atoms with Crippen LogP contribution in [0.15, 0.2) is 36.7 Å². The molecular formula is C18H24N2O. The first kappa shape index (κ1) is 14.2. The fourth-order valence-electron chi connectivity index (χ4n) is 3.07. The van der Waals surface area contributed by atoms with E-state index in [1.807, 2.05) is 0 Å². The van der Waals surface area contributed by atoms with E-state index in [4.69, 9.17) is 4.74 Å². The number of methoxy groups -OCH3 is 1. The van der Waals surface area contributed by atoms with Crippen LogP contribution in [-0.2, 0) is 6.54 Å². The normalized spacial score (nSPS) is 16.0. The van der Waals surface area contributed by atoms with Gasteiger partial charge in [0, 0.05) is 24.0 Å². The Balaban J connectivity index is 1.79. The molecule has 0 radical (unpaired) electrons. The molecule has 1 saturated carbocycles. The van der Waals surface area contributed by atoms with Crippen molar-refractivity contribution in [1.29, 1.82) is 0 Å². The summed E-state index contributed by atoms with van der Waals surface area (Å²) in [4.78, 5) is 0. The van der Waals surface area contributed by atoms with Crippen LogP contribution in [0, 0.1) is 12.8 Å². The van der Waals surface area contributed by atoms with Crippen molar-refractivity contribution in [2.75, 3.05) is 14.2 Å². The van der Waals surface area contributed by atoms with Gasteiger partial charge in [0.2, 0.25) is 0 Å². The van der Waals surface area contributed by atoms with Crippen LogP contribution in [0.5, 0.6) is 5.75 Å². The SMILES string of the molecule is CNC(c1ccn(Cc2cc(C)ccc2OC)c1)C1CC1.